The van der Waals surface area contributed by atoms with Gasteiger partial charge in [0, 0.05) is 36.8 Å². The first-order chi connectivity index (χ1) is 8.92. The maximum atomic E-state index is 4.46. The molecule has 92 valence electrons. The first-order valence-electron chi connectivity index (χ1n) is 6.47. The molecule has 0 saturated carbocycles. The summed E-state index contributed by atoms with van der Waals surface area (Å²) < 4.78 is 0. The maximum Gasteiger partial charge on any atom is 0.115 e. The van der Waals surface area contributed by atoms with Crippen molar-refractivity contribution in [3.63, 3.8) is 0 Å². The molecule has 4 rings (SSSR count). The highest BCUT2D eigenvalue weighted by molar-refractivity contribution is 7.07. The number of hydrogen-bond donors (Lipinski definition) is 0. The molecule has 18 heavy (non-hydrogen) atoms. The minimum atomic E-state index is 0.542. The number of hydrogen-bond acceptors (Lipinski definition) is 4. The standard InChI is InChI=1S/C14H15N3S/c1-2-14-12-6-15-9-16-13(12)5-11(1)17(14)7-10-3-4-18-8-10/h3-4,6,8-9,11,14H,1-2,5,7H2. The van der Waals surface area contributed by atoms with Crippen LogP contribution in [0, 0.1) is 0 Å². The number of rotatable bonds is 2. The zero-order valence-corrected chi connectivity index (χ0v) is 10.9. The summed E-state index contributed by atoms with van der Waals surface area (Å²) in [6.07, 6.45) is 7.36. The molecule has 2 aromatic heterocycles. The van der Waals surface area contributed by atoms with Crippen LogP contribution < -0.4 is 0 Å². The van der Waals surface area contributed by atoms with Crippen LogP contribution in [0.3, 0.4) is 0 Å². The summed E-state index contributed by atoms with van der Waals surface area (Å²) in [5.41, 5.74) is 4.08. The molecule has 1 saturated heterocycles. The van der Waals surface area contributed by atoms with Crippen molar-refractivity contribution in [2.24, 2.45) is 0 Å². The van der Waals surface area contributed by atoms with Crippen LogP contribution >= 0.6 is 11.3 Å². The SMILES string of the molecule is c1ncc2c(n1)CC1CCC2N1Cc1ccsc1. The molecule has 2 atom stereocenters. The van der Waals surface area contributed by atoms with Gasteiger partial charge in [0.25, 0.3) is 0 Å². The van der Waals surface area contributed by atoms with Gasteiger partial charge in [-0.1, -0.05) is 0 Å². The molecule has 0 N–H and O–H groups in total. The van der Waals surface area contributed by atoms with E-state index in [0.717, 1.165) is 13.0 Å². The maximum absolute atomic E-state index is 4.46. The van der Waals surface area contributed by atoms with E-state index in [1.807, 2.05) is 6.20 Å². The zero-order valence-electron chi connectivity index (χ0n) is 10.1. The topological polar surface area (TPSA) is 29.0 Å². The van der Waals surface area contributed by atoms with Crippen LogP contribution in [-0.4, -0.2) is 20.9 Å². The van der Waals surface area contributed by atoms with Crippen LogP contribution in [0.25, 0.3) is 0 Å². The molecule has 4 heterocycles. The fourth-order valence-electron chi connectivity index (χ4n) is 3.36. The van der Waals surface area contributed by atoms with E-state index < -0.39 is 0 Å². The number of nitrogens with zero attached hydrogens (tertiary/aromatic N) is 3. The van der Waals surface area contributed by atoms with Crippen LogP contribution in [0.15, 0.2) is 29.4 Å². The fraction of sp³-hybridized carbons (Fsp3) is 0.429. The van der Waals surface area contributed by atoms with Gasteiger partial charge in [0.1, 0.15) is 6.33 Å². The Morgan fingerprint density at radius 3 is 3.28 bits per heavy atom. The van der Waals surface area contributed by atoms with Gasteiger partial charge in [-0.2, -0.15) is 11.3 Å². The second kappa shape index (κ2) is 4.14. The Balaban J connectivity index is 1.67. The summed E-state index contributed by atoms with van der Waals surface area (Å²) >= 11 is 1.79. The zero-order chi connectivity index (χ0) is 11.9. The summed E-state index contributed by atoms with van der Waals surface area (Å²) in [7, 11) is 0. The molecular formula is C14H15N3S. The molecule has 3 nitrogen and oxygen atoms in total. The van der Waals surface area contributed by atoms with Crippen molar-refractivity contribution < 1.29 is 0 Å². The van der Waals surface area contributed by atoms with Crippen LogP contribution in [0.4, 0.5) is 0 Å². The van der Waals surface area contributed by atoms with Gasteiger partial charge in [-0.15, -0.1) is 0 Å². The molecule has 0 aliphatic carbocycles. The minimum Gasteiger partial charge on any atom is -0.289 e. The molecule has 2 bridgehead atoms. The third kappa shape index (κ3) is 1.60. The second-order valence-electron chi connectivity index (χ2n) is 5.18. The van der Waals surface area contributed by atoms with E-state index in [9.17, 15) is 0 Å². The molecule has 0 amide bonds. The van der Waals surface area contributed by atoms with Crippen molar-refractivity contribution in [1.82, 2.24) is 14.9 Å². The van der Waals surface area contributed by atoms with Crippen LogP contribution in [-0.2, 0) is 13.0 Å². The molecule has 4 heteroatoms. The monoisotopic (exact) mass is 257 g/mol. The van der Waals surface area contributed by atoms with E-state index in [1.165, 1.54) is 29.7 Å². The summed E-state index contributed by atoms with van der Waals surface area (Å²) in [4.78, 5) is 11.3. The van der Waals surface area contributed by atoms with E-state index in [0.29, 0.717) is 12.1 Å². The van der Waals surface area contributed by atoms with E-state index >= 15 is 0 Å². The summed E-state index contributed by atoms with van der Waals surface area (Å²) in [5.74, 6) is 0. The highest BCUT2D eigenvalue weighted by Gasteiger charge is 2.40. The van der Waals surface area contributed by atoms with Gasteiger partial charge in [0.15, 0.2) is 0 Å². The van der Waals surface area contributed by atoms with Gasteiger partial charge in [-0.05, 0) is 35.2 Å². The first kappa shape index (κ1) is 10.6. The lowest BCUT2D eigenvalue weighted by Crippen LogP contribution is -2.37. The van der Waals surface area contributed by atoms with Crippen molar-refractivity contribution in [2.45, 2.75) is 37.9 Å². The van der Waals surface area contributed by atoms with Gasteiger partial charge in [0.2, 0.25) is 0 Å². The Hall–Kier alpha value is -1.26. The normalized spacial score (nSPS) is 26.2. The van der Waals surface area contributed by atoms with Gasteiger partial charge in [-0.25, -0.2) is 9.97 Å². The largest absolute Gasteiger partial charge is 0.289 e. The first-order valence-corrected chi connectivity index (χ1v) is 7.41. The van der Waals surface area contributed by atoms with Gasteiger partial charge < -0.3 is 0 Å². The summed E-state index contributed by atoms with van der Waals surface area (Å²) in [5, 5.41) is 4.43. The molecule has 0 radical (unpaired) electrons. The average Bonchev–Trinajstić information content (AvgIpc) is 2.99. The highest BCUT2D eigenvalue weighted by Crippen LogP contribution is 2.43. The van der Waals surface area contributed by atoms with E-state index in [1.54, 1.807) is 17.7 Å². The Morgan fingerprint density at radius 2 is 2.39 bits per heavy atom. The molecule has 0 aromatic carbocycles. The predicted octanol–water partition coefficient (Wildman–Crippen LogP) is 2.80. The van der Waals surface area contributed by atoms with Crippen molar-refractivity contribution in [3.05, 3.63) is 46.2 Å². The molecule has 1 fully saturated rings. The third-order valence-electron chi connectivity index (χ3n) is 4.20. The third-order valence-corrected chi connectivity index (χ3v) is 4.94. The second-order valence-corrected chi connectivity index (χ2v) is 5.96. The van der Waals surface area contributed by atoms with Crippen molar-refractivity contribution in [3.8, 4) is 0 Å². The molecule has 2 aromatic rings. The summed E-state index contributed by atoms with van der Waals surface area (Å²) in [6.45, 7) is 1.08. The summed E-state index contributed by atoms with van der Waals surface area (Å²) in [6, 6.07) is 3.46. The lowest BCUT2D eigenvalue weighted by Gasteiger charge is -2.35. The Kier molecular flexibility index (Phi) is 2.45. The minimum absolute atomic E-state index is 0.542. The van der Waals surface area contributed by atoms with Crippen LogP contribution in [0.5, 0.6) is 0 Å². The van der Waals surface area contributed by atoms with E-state index in [2.05, 4.69) is 31.7 Å². The van der Waals surface area contributed by atoms with Gasteiger partial charge in [-0.3, -0.25) is 4.90 Å². The molecular weight excluding hydrogens is 242 g/mol. The number of thiophene rings is 1. The van der Waals surface area contributed by atoms with Crippen LogP contribution in [0.2, 0.25) is 0 Å². The van der Waals surface area contributed by atoms with Crippen molar-refractivity contribution in [2.75, 3.05) is 0 Å². The number of fused-ring (bicyclic) bond motifs is 4. The average molecular weight is 257 g/mol. The van der Waals surface area contributed by atoms with Crippen LogP contribution in [0.1, 0.15) is 35.7 Å². The lowest BCUT2D eigenvalue weighted by atomic mass is 9.99. The molecule has 2 aliphatic heterocycles. The predicted molar refractivity (Wildman–Crippen MR) is 71.4 cm³/mol. The molecule has 2 unspecified atom stereocenters. The Bertz CT molecular complexity index is 552. The van der Waals surface area contributed by atoms with Crippen molar-refractivity contribution >= 4 is 11.3 Å². The fourth-order valence-corrected chi connectivity index (χ4v) is 4.02. The lowest BCUT2D eigenvalue weighted by molar-refractivity contribution is 0.166. The smallest absolute Gasteiger partial charge is 0.115 e. The van der Waals surface area contributed by atoms with Gasteiger partial charge >= 0.3 is 0 Å². The Morgan fingerprint density at radius 1 is 1.39 bits per heavy atom. The van der Waals surface area contributed by atoms with E-state index in [4.69, 9.17) is 0 Å². The van der Waals surface area contributed by atoms with Gasteiger partial charge in [0.05, 0.1) is 5.69 Å². The van der Waals surface area contributed by atoms with E-state index in [-0.39, 0.29) is 0 Å². The molecule has 2 aliphatic rings. The molecule has 0 spiro atoms. The quantitative estimate of drug-likeness (QED) is 0.828. The Labute approximate surface area is 111 Å². The van der Waals surface area contributed by atoms with Crippen molar-refractivity contribution in [1.29, 1.82) is 0 Å². The number of aromatic nitrogens is 2. The highest BCUT2D eigenvalue weighted by atomic mass is 32.1.